The van der Waals surface area contributed by atoms with Crippen LogP contribution in [0.1, 0.15) is 57.2 Å². The number of anilines is 1. The molecule has 0 unspecified atom stereocenters. The highest BCUT2D eigenvalue weighted by Gasteiger charge is 2.35. The molecule has 0 N–H and O–H groups in total. The predicted octanol–water partition coefficient (Wildman–Crippen LogP) is 3.58. The molecule has 2 fully saturated rings. The largest absolute Gasteiger partial charge is 0.355 e. The van der Waals surface area contributed by atoms with Gasteiger partial charge in [0.2, 0.25) is 0 Å². The SMILES string of the molecule is CCCCn1c(N2CCN(CC)CC2)c(/C=C2/SC(=S)N(C(C)C)C2=O)c(C)c(C#N)c1=O. The Kier molecular flexibility index (Phi) is 8.38. The van der Waals surface area contributed by atoms with Crippen LogP contribution in [0, 0.1) is 18.3 Å². The lowest BCUT2D eigenvalue weighted by molar-refractivity contribution is -0.123. The summed E-state index contributed by atoms with van der Waals surface area (Å²) in [6.07, 6.45) is 3.62. The lowest BCUT2D eigenvalue weighted by Gasteiger charge is -2.37. The normalized spacial score (nSPS) is 18.6. The van der Waals surface area contributed by atoms with Crippen LogP contribution in [0.2, 0.25) is 0 Å². The summed E-state index contributed by atoms with van der Waals surface area (Å²) in [7, 11) is 0. The van der Waals surface area contributed by atoms with Gasteiger partial charge in [-0.25, -0.2) is 0 Å². The molecular formula is C24H33N5O2S2. The van der Waals surface area contributed by atoms with E-state index in [-0.39, 0.29) is 23.1 Å². The molecule has 0 saturated carbocycles. The van der Waals surface area contributed by atoms with Crippen molar-refractivity contribution in [3.8, 4) is 6.07 Å². The second kappa shape index (κ2) is 10.9. The van der Waals surface area contributed by atoms with Crippen molar-refractivity contribution in [1.82, 2.24) is 14.4 Å². The van der Waals surface area contributed by atoms with E-state index in [2.05, 4.69) is 29.7 Å². The standard InChI is InChI=1S/C24H33N5O2S2/c1-6-8-9-28-21(27-12-10-26(7-2)11-13-27)18(17(5)19(15-25)22(28)30)14-20-23(31)29(16(3)4)24(32)33-20/h14,16H,6-13H2,1-5H3/b20-14+. The van der Waals surface area contributed by atoms with Crippen molar-refractivity contribution in [2.24, 2.45) is 0 Å². The second-order valence-electron chi connectivity index (χ2n) is 8.73. The third-order valence-corrected chi connectivity index (χ3v) is 7.65. The molecule has 1 aromatic heterocycles. The Morgan fingerprint density at radius 3 is 2.36 bits per heavy atom. The molecule has 2 aliphatic rings. The van der Waals surface area contributed by atoms with E-state index in [1.807, 2.05) is 26.8 Å². The summed E-state index contributed by atoms with van der Waals surface area (Å²) in [5.41, 5.74) is 1.30. The number of unbranched alkanes of at least 4 members (excludes halogenated alkanes) is 1. The highest BCUT2D eigenvalue weighted by Crippen LogP contribution is 2.37. The van der Waals surface area contributed by atoms with E-state index in [0.29, 0.717) is 21.3 Å². The van der Waals surface area contributed by atoms with Crippen LogP contribution in [0.15, 0.2) is 9.70 Å². The Bertz CT molecular complexity index is 1060. The molecule has 3 rings (SSSR count). The van der Waals surface area contributed by atoms with Gasteiger partial charge >= 0.3 is 0 Å². The lowest BCUT2D eigenvalue weighted by Crippen LogP contribution is -2.48. The van der Waals surface area contributed by atoms with Crippen molar-refractivity contribution in [3.05, 3.63) is 31.9 Å². The summed E-state index contributed by atoms with van der Waals surface area (Å²) in [4.78, 5) is 33.2. The van der Waals surface area contributed by atoms with Gasteiger partial charge in [0, 0.05) is 44.3 Å². The van der Waals surface area contributed by atoms with Gasteiger partial charge in [0.15, 0.2) is 0 Å². The first kappa shape index (κ1) is 25.5. The van der Waals surface area contributed by atoms with E-state index in [1.165, 1.54) is 11.8 Å². The van der Waals surface area contributed by atoms with Gasteiger partial charge in [-0.1, -0.05) is 44.2 Å². The third kappa shape index (κ3) is 5.03. The number of nitriles is 1. The van der Waals surface area contributed by atoms with Crippen molar-refractivity contribution < 1.29 is 4.79 Å². The van der Waals surface area contributed by atoms with E-state index in [1.54, 1.807) is 9.47 Å². The molecule has 2 aliphatic heterocycles. The van der Waals surface area contributed by atoms with Crippen LogP contribution < -0.4 is 10.5 Å². The first-order valence-corrected chi connectivity index (χ1v) is 12.9. The molecule has 9 heteroatoms. The number of thiocarbonyl (C=S) groups is 1. The Morgan fingerprint density at radius 1 is 1.18 bits per heavy atom. The monoisotopic (exact) mass is 487 g/mol. The number of hydrogen-bond acceptors (Lipinski definition) is 7. The molecule has 0 bridgehead atoms. The van der Waals surface area contributed by atoms with Crippen molar-refractivity contribution in [2.45, 2.75) is 60.0 Å². The number of piperazine rings is 1. The van der Waals surface area contributed by atoms with E-state index in [4.69, 9.17) is 12.2 Å². The maximum atomic E-state index is 13.3. The molecule has 3 heterocycles. The number of aromatic nitrogens is 1. The fourth-order valence-corrected chi connectivity index (χ4v) is 5.85. The van der Waals surface area contributed by atoms with Gasteiger partial charge in [-0.05, 0) is 45.4 Å². The molecule has 178 valence electrons. The lowest BCUT2D eigenvalue weighted by atomic mass is 10.0. The van der Waals surface area contributed by atoms with Gasteiger partial charge in [-0.2, -0.15) is 5.26 Å². The molecule has 0 radical (unpaired) electrons. The van der Waals surface area contributed by atoms with E-state index in [9.17, 15) is 14.9 Å². The minimum absolute atomic E-state index is 0.0285. The number of thioether (sulfide) groups is 1. The van der Waals surface area contributed by atoms with Gasteiger partial charge < -0.3 is 9.80 Å². The maximum Gasteiger partial charge on any atom is 0.270 e. The van der Waals surface area contributed by atoms with Gasteiger partial charge in [0.1, 0.15) is 21.8 Å². The van der Waals surface area contributed by atoms with Crippen molar-refractivity contribution >= 4 is 46.1 Å². The number of nitrogens with zero attached hydrogens (tertiary/aromatic N) is 5. The molecule has 33 heavy (non-hydrogen) atoms. The van der Waals surface area contributed by atoms with Crippen LogP contribution in [-0.2, 0) is 11.3 Å². The number of amides is 1. The van der Waals surface area contributed by atoms with Crippen LogP contribution in [-0.4, -0.2) is 63.4 Å². The van der Waals surface area contributed by atoms with Gasteiger partial charge in [-0.15, -0.1) is 0 Å². The number of hydrogen-bond donors (Lipinski definition) is 0. The predicted molar refractivity (Wildman–Crippen MR) is 140 cm³/mol. The zero-order chi connectivity index (χ0) is 24.3. The number of carbonyl (C=O) groups is 1. The summed E-state index contributed by atoms with van der Waals surface area (Å²) < 4.78 is 2.29. The Hall–Kier alpha value is -2.15. The van der Waals surface area contributed by atoms with Gasteiger partial charge in [0.25, 0.3) is 11.5 Å². The summed E-state index contributed by atoms with van der Waals surface area (Å²) in [6.45, 7) is 14.9. The molecular weight excluding hydrogens is 454 g/mol. The van der Waals surface area contributed by atoms with E-state index in [0.717, 1.165) is 56.9 Å². The first-order valence-electron chi connectivity index (χ1n) is 11.7. The fraction of sp³-hybridized carbons (Fsp3) is 0.583. The molecule has 0 spiro atoms. The highest BCUT2D eigenvalue weighted by molar-refractivity contribution is 8.26. The van der Waals surface area contributed by atoms with Crippen molar-refractivity contribution in [2.75, 3.05) is 37.6 Å². The smallest absolute Gasteiger partial charge is 0.270 e. The van der Waals surface area contributed by atoms with Crippen LogP contribution in [0.3, 0.4) is 0 Å². The molecule has 0 aliphatic carbocycles. The van der Waals surface area contributed by atoms with Gasteiger partial charge in [-0.3, -0.25) is 19.1 Å². The minimum Gasteiger partial charge on any atom is -0.355 e. The van der Waals surface area contributed by atoms with Gasteiger partial charge in [0.05, 0.1) is 4.91 Å². The summed E-state index contributed by atoms with van der Waals surface area (Å²) in [6, 6.07) is 2.09. The van der Waals surface area contributed by atoms with Crippen LogP contribution in [0.25, 0.3) is 6.08 Å². The van der Waals surface area contributed by atoms with Crippen molar-refractivity contribution in [1.29, 1.82) is 5.26 Å². The topological polar surface area (TPSA) is 72.6 Å². The Labute approximate surface area is 206 Å². The zero-order valence-corrected chi connectivity index (χ0v) is 21.8. The fourth-order valence-electron chi connectivity index (χ4n) is 4.34. The summed E-state index contributed by atoms with van der Waals surface area (Å²) in [5.74, 6) is 0.696. The number of pyridine rings is 1. The van der Waals surface area contributed by atoms with Crippen molar-refractivity contribution in [3.63, 3.8) is 0 Å². The molecule has 0 aromatic carbocycles. The molecule has 1 aromatic rings. The number of rotatable bonds is 7. The third-order valence-electron chi connectivity index (χ3n) is 6.32. The Morgan fingerprint density at radius 2 is 1.85 bits per heavy atom. The van der Waals surface area contributed by atoms with E-state index >= 15 is 0 Å². The zero-order valence-electron chi connectivity index (χ0n) is 20.2. The molecule has 2 saturated heterocycles. The van der Waals surface area contributed by atoms with E-state index < -0.39 is 0 Å². The number of likely N-dealkylation sites (N-methyl/N-ethyl adjacent to an activating group) is 1. The number of carbonyl (C=O) groups excluding carboxylic acids is 1. The Balaban J connectivity index is 2.21. The average Bonchev–Trinajstić information content (AvgIpc) is 3.08. The van der Waals surface area contributed by atoms with Crippen LogP contribution in [0.5, 0.6) is 0 Å². The summed E-state index contributed by atoms with van der Waals surface area (Å²) >= 11 is 6.75. The van der Waals surface area contributed by atoms with Crippen LogP contribution in [0.4, 0.5) is 5.82 Å². The second-order valence-corrected chi connectivity index (χ2v) is 10.4. The molecule has 0 atom stereocenters. The average molecular weight is 488 g/mol. The minimum atomic E-state index is -0.247. The summed E-state index contributed by atoms with van der Waals surface area (Å²) in [5, 5.41) is 9.81. The maximum absolute atomic E-state index is 13.3. The quantitative estimate of drug-likeness (QED) is 0.430. The highest BCUT2D eigenvalue weighted by atomic mass is 32.2. The molecule has 1 amide bonds. The molecule has 7 nitrogen and oxygen atoms in total. The first-order chi connectivity index (χ1) is 15.7. The van der Waals surface area contributed by atoms with Crippen LogP contribution >= 0.6 is 24.0 Å².